The van der Waals surface area contributed by atoms with Crippen LogP contribution < -0.4 is 10.5 Å². The summed E-state index contributed by atoms with van der Waals surface area (Å²) in [5.74, 6) is -1.61. The van der Waals surface area contributed by atoms with Gasteiger partial charge in [-0.2, -0.15) is 4.31 Å². The highest BCUT2D eigenvalue weighted by Gasteiger charge is 2.31. The molecule has 2 N–H and O–H groups in total. The number of halogens is 1. The molecular weight excluding hydrogens is 413 g/mol. The molecule has 1 aliphatic rings. The van der Waals surface area contributed by atoms with E-state index < -0.39 is 21.7 Å². The molecule has 1 aliphatic heterocycles. The number of carbonyl (C=O) groups is 2. The lowest BCUT2D eigenvalue weighted by molar-refractivity contribution is -0.134. The summed E-state index contributed by atoms with van der Waals surface area (Å²) in [7, 11) is -3.98. The van der Waals surface area contributed by atoms with Gasteiger partial charge < -0.3 is 15.4 Å². The number of nitrogens with zero attached hydrogens (tertiary/aromatic N) is 2. The maximum absolute atomic E-state index is 13.9. The minimum atomic E-state index is -3.98. The Hall–Kier alpha value is -2.98. The SMILES string of the molecule is Cc1ccc(C(N)=O)c(OCC(=O)N2CCN(S(=O)(=O)c3ccccc3F)CC2)c1. The topological polar surface area (TPSA) is 110 Å². The van der Waals surface area contributed by atoms with Crippen LogP contribution in [0.2, 0.25) is 0 Å². The number of hydrogen-bond donors (Lipinski definition) is 1. The molecule has 160 valence electrons. The number of primary amides is 1. The van der Waals surface area contributed by atoms with Crippen LogP contribution >= 0.6 is 0 Å². The van der Waals surface area contributed by atoms with E-state index in [1.807, 2.05) is 6.92 Å². The predicted octanol–water partition coefficient (Wildman–Crippen LogP) is 1.14. The van der Waals surface area contributed by atoms with Crippen molar-refractivity contribution in [3.63, 3.8) is 0 Å². The molecule has 0 saturated carbocycles. The van der Waals surface area contributed by atoms with E-state index in [1.54, 1.807) is 12.1 Å². The zero-order valence-corrected chi connectivity index (χ0v) is 17.2. The van der Waals surface area contributed by atoms with Crippen molar-refractivity contribution in [1.29, 1.82) is 0 Å². The van der Waals surface area contributed by atoms with Crippen LogP contribution in [0.3, 0.4) is 0 Å². The zero-order valence-electron chi connectivity index (χ0n) is 16.4. The molecule has 10 heteroatoms. The molecule has 0 bridgehead atoms. The number of rotatable bonds is 6. The van der Waals surface area contributed by atoms with Gasteiger partial charge in [0.15, 0.2) is 6.61 Å². The molecule has 1 fully saturated rings. The van der Waals surface area contributed by atoms with Gasteiger partial charge in [-0.05, 0) is 36.8 Å². The number of benzene rings is 2. The molecule has 3 rings (SSSR count). The molecule has 0 aromatic heterocycles. The van der Waals surface area contributed by atoms with E-state index in [9.17, 15) is 22.4 Å². The first-order valence-corrected chi connectivity index (χ1v) is 10.7. The van der Waals surface area contributed by atoms with Gasteiger partial charge in [-0.3, -0.25) is 9.59 Å². The Morgan fingerprint density at radius 1 is 1.10 bits per heavy atom. The van der Waals surface area contributed by atoms with E-state index in [4.69, 9.17) is 10.5 Å². The van der Waals surface area contributed by atoms with Crippen molar-refractivity contribution in [3.8, 4) is 5.75 Å². The lowest BCUT2D eigenvalue weighted by Crippen LogP contribution is -2.51. The van der Waals surface area contributed by atoms with Crippen LogP contribution in [-0.2, 0) is 14.8 Å². The second-order valence-corrected chi connectivity index (χ2v) is 8.77. The van der Waals surface area contributed by atoms with Crippen LogP contribution in [0.15, 0.2) is 47.4 Å². The van der Waals surface area contributed by atoms with Gasteiger partial charge in [0, 0.05) is 26.2 Å². The second-order valence-electron chi connectivity index (χ2n) is 6.87. The Morgan fingerprint density at radius 2 is 1.77 bits per heavy atom. The molecule has 2 aromatic rings. The Balaban J connectivity index is 1.61. The molecule has 2 aromatic carbocycles. The number of piperazine rings is 1. The maximum Gasteiger partial charge on any atom is 0.260 e. The van der Waals surface area contributed by atoms with E-state index in [-0.39, 0.29) is 54.9 Å². The van der Waals surface area contributed by atoms with Crippen molar-refractivity contribution in [2.24, 2.45) is 5.73 Å². The monoisotopic (exact) mass is 435 g/mol. The Morgan fingerprint density at radius 3 is 2.40 bits per heavy atom. The highest BCUT2D eigenvalue weighted by atomic mass is 32.2. The fourth-order valence-corrected chi connectivity index (χ4v) is 4.64. The van der Waals surface area contributed by atoms with Crippen molar-refractivity contribution < 1.29 is 27.1 Å². The number of sulfonamides is 1. The van der Waals surface area contributed by atoms with E-state index in [0.717, 1.165) is 15.9 Å². The van der Waals surface area contributed by atoms with Crippen LogP contribution in [-0.4, -0.2) is 62.2 Å². The first-order valence-electron chi connectivity index (χ1n) is 9.26. The third-order valence-corrected chi connectivity index (χ3v) is 6.73. The summed E-state index contributed by atoms with van der Waals surface area (Å²) in [4.78, 5) is 25.1. The third kappa shape index (κ3) is 4.60. The summed E-state index contributed by atoms with van der Waals surface area (Å²) in [6.07, 6.45) is 0. The van der Waals surface area contributed by atoms with Crippen LogP contribution in [0.25, 0.3) is 0 Å². The third-order valence-electron chi connectivity index (χ3n) is 4.80. The van der Waals surface area contributed by atoms with Gasteiger partial charge in [-0.15, -0.1) is 0 Å². The molecule has 0 atom stereocenters. The summed E-state index contributed by atoms with van der Waals surface area (Å²) in [5.41, 5.74) is 6.34. The number of hydrogen-bond acceptors (Lipinski definition) is 5. The number of nitrogens with two attached hydrogens (primary N) is 1. The van der Waals surface area contributed by atoms with E-state index >= 15 is 0 Å². The molecule has 1 saturated heterocycles. The Bertz CT molecular complexity index is 1070. The summed E-state index contributed by atoms with van der Waals surface area (Å²) in [6, 6.07) is 10.0. The van der Waals surface area contributed by atoms with Gasteiger partial charge in [0.25, 0.3) is 11.8 Å². The van der Waals surface area contributed by atoms with Crippen LogP contribution in [0.4, 0.5) is 4.39 Å². The molecular formula is C20H22FN3O5S. The van der Waals surface area contributed by atoms with Gasteiger partial charge in [0.05, 0.1) is 5.56 Å². The normalized spacial score (nSPS) is 15.1. The minimum absolute atomic E-state index is 0.0411. The molecule has 2 amide bonds. The van der Waals surface area contributed by atoms with Crippen LogP contribution in [0.1, 0.15) is 15.9 Å². The summed E-state index contributed by atoms with van der Waals surface area (Å²) in [6.45, 7) is 1.87. The zero-order chi connectivity index (χ0) is 21.9. The molecule has 8 nitrogen and oxygen atoms in total. The summed E-state index contributed by atoms with van der Waals surface area (Å²) < 4.78 is 45.8. The predicted molar refractivity (Wildman–Crippen MR) is 107 cm³/mol. The fourth-order valence-electron chi connectivity index (χ4n) is 3.15. The highest BCUT2D eigenvalue weighted by Crippen LogP contribution is 2.22. The first-order chi connectivity index (χ1) is 14.2. The van der Waals surface area contributed by atoms with Gasteiger partial charge in [0.2, 0.25) is 10.0 Å². The van der Waals surface area contributed by atoms with Crippen molar-refractivity contribution in [1.82, 2.24) is 9.21 Å². The van der Waals surface area contributed by atoms with Crippen LogP contribution in [0.5, 0.6) is 5.75 Å². The highest BCUT2D eigenvalue weighted by molar-refractivity contribution is 7.89. The summed E-state index contributed by atoms with van der Waals surface area (Å²) in [5, 5.41) is 0. The van der Waals surface area contributed by atoms with Crippen molar-refractivity contribution in [3.05, 3.63) is 59.4 Å². The van der Waals surface area contributed by atoms with Gasteiger partial charge in [-0.25, -0.2) is 12.8 Å². The lowest BCUT2D eigenvalue weighted by atomic mass is 10.1. The van der Waals surface area contributed by atoms with Crippen molar-refractivity contribution >= 4 is 21.8 Å². The minimum Gasteiger partial charge on any atom is -0.483 e. The number of aryl methyl sites for hydroxylation is 1. The fraction of sp³-hybridized carbons (Fsp3) is 0.300. The van der Waals surface area contributed by atoms with Gasteiger partial charge in [0.1, 0.15) is 16.5 Å². The molecule has 0 unspecified atom stereocenters. The quantitative estimate of drug-likeness (QED) is 0.732. The maximum atomic E-state index is 13.9. The number of amides is 2. The van der Waals surface area contributed by atoms with E-state index in [2.05, 4.69) is 0 Å². The Kier molecular flexibility index (Phi) is 6.37. The lowest BCUT2D eigenvalue weighted by Gasteiger charge is -2.34. The number of ether oxygens (including phenoxy) is 1. The Labute approximate surface area is 174 Å². The molecule has 1 heterocycles. The smallest absolute Gasteiger partial charge is 0.260 e. The van der Waals surface area contributed by atoms with Gasteiger partial charge in [-0.1, -0.05) is 18.2 Å². The molecule has 0 radical (unpaired) electrons. The van der Waals surface area contributed by atoms with E-state index in [0.29, 0.717) is 0 Å². The molecule has 30 heavy (non-hydrogen) atoms. The van der Waals surface area contributed by atoms with Crippen LogP contribution in [0, 0.1) is 12.7 Å². The molecule has 0 spiro atoms. The second kappa shape index (κ2) is 8.80. The van der Waals surface area contributed by atoms with Crippen molar-refractivity contribution in [2.45, 2.75) is 11.8 Å². The standard InChI is InChI=1S/C20H22FN3O5S/c1-14-6-7-15(20(22)26)17(12-14)29-13-19(25)23-8-10-24(11-9-23)30(27,28)18-5-3-2-4-16(18)21/h2-7,12H,8-11,13H2,1H3,(H2,22,26). The molecule has 0 aliphatic carbocycles. The largest absolute Gasteiger partial charge is 0.483 e. The number of carbonyl (C=O) groups excluding carboxylic acids is 2. The average Bonchev–Trinajstić information content (AvgIpc) is 2.72. The summed E-state index contributed by atoms with van der Waals surface area (Å²) >= 11 is 0. The van der Waals surface area contributed by atoms with Crippen molar-refractivity contribution in [2.75, 3.05) is 32.8 Å². The van der Waals surface area contributed by atoms with E-state index in [1.165, 1.54) is 29.2 Å². The first kappa shape index (κ1) is 21.7. The average molecular weight is 435 g/mol. The van der Waals surface area contributed by atoms with Gasteiger partial charge >= 0.3 is 0 Å².